The molecular weight excluding hydrogens is 290 g/mol. The van der Waals surface area contributed by atoms with Crippen LogP contribution in [0, 0.1) is 19.8 Å². The molecule has 3 rings (SSSR count). The maximum Gasteiger partial charge on any atom is 0.228 e. The van der Waals surface area contributed by atoms with Crippen LogP contribution in [0.15, 0.2) is 28.7 Å². The molecule has 23 heavy (non-hydrogen) atoms. The molecule has 0 bridgehead atoms. The molecule has 0 aliphatic carbocycles. The van der Waals surface area contributed by atoms with E-state index in [1.54, 1.807) is 0 Å². The van der Waals surface area contributed by atoms with Gasteiger partial charge in [-0.2, -0.15) is 0 Å². The Kier molecular flexibility index (Phi) is 4.48. The zero-order chi connectivity index (χ0) is 16.4. The summed E-state index contributed by atoms with van der Waals surface area (Å²) in [5.74, 6) is 1.56. The van der Waals surface area contributed by atoms with Gasteiger partial charge in [0.2, 0.25) is 11.8 Å². The molecule has 5 heteroatoms. The Labute approximate surface area is 136 Å². The average Bonchev–Trinajstić information content (AvgIpc) is 2.87. The van der Waals surface area contributed by atoms with Gasteiger partial charge in [0, 0.05) is 17.8 Å². The molecule has 0 spiro atoms. The van der Waals surface area contributed by atoms with Crippen LogP contribution < -0.4 is 5.32 Å². The number of hydrogen-bond acceptors (Lipinski definition) is 4. The number of nitrogens with zero attached hydrogens (tertiary/aromatic N) is 2. The fourth-order valence-electron chi connectivity index (χ4n) is 2.95. The van der Waals surface area contributed by atoms with E-state index in [9.17, 15) is 4.79 Å². The van der Waals surface area contributed by atoms with Crippen LogP contribution in [0.25, 0.3) is 11.5 Å². The van der Waals surface area contributed by atoms with E-state index < -0.39 is 0 Å². The van der Waals surface area contributed by atoms with Gasteiger partial charge in [-0.25, -0.2) is 4.98 Å². The summed E-state index contributed by atoms with van der Waals surface area (Å²) in [6.07, 6.45) is 2.03. The fraction of sp³-hybridized carbons (Fsp3) is 0.444. The molecule has 1 aliphatic heterocycles. The van der Waals surface area contributed by atoms with Gasteiger partial charge >= 0.3 is 0 Å². The first-order chi connectivity index (χ1) is 11.0. The van der Waals surface area contributed by atoms with E-state index in [0.717, 1.165) is 48.6 Å². The second kappa shape index (κ2) is 6.54. The topological polar surface area (TPSA) is 58.4 Å². The van der Waals surface area contributed by atoms with E-state index >= 15 is 0 Å². The van der Waals surface area contributed by atoms with Crippen LogP contribution in [0.3, 0.4) is 0 Å². The summed E-state index contributed by atoms with van der Waals surface area (Å²) in [5.41, 5.74) is 2.55. The summed E-state index contributed by atoms with van der Waals surface area (Å²) in [5, 5.41) is 3.03. The van der Waals surface area contributed by atoms with Crippen LogP contribution >= 0.6 is 0 Å². The second-order valence-corrected chi connectivity index (χ2v) is 6.33. The van der Waals surface area contributed by atoms with Crippen LogP contribution in [0.5, 0.6) is 0 Å². The van der Waals surface area contributed by atoms with Crippen molar-refractivity contribution < 1.29 is 9.21 Å². The second-order valence-electron chi connectivity index (χ2n) is 6.33. The SMILES string of the molecule is Cc1nc(-c2cccc(NC(=O)C3CCCN(C)C3)c2)oc1C. The van der Waals surface area contributed by atoms with Gasteiger partial charge in [0.15, 0.2) is 0 Å². The van der Waals surface area contributed by atoms with Gasteiger partial charge in [-0.1, -0.05) is 6.07 Å². The van der Waals surface area contributed by atoms with Gasteiger partial charge < -0.3 is 14.6 Å². The van der Waals surface area contributed by atoms with Gasteiger partial charge in [-0.15, -0.1) is 0 Å². The highest BCUT2D eigenvalue weighted by Crippen LogP contribution is 2.25. The molecule has 122 valence electrons. The van der Waals surface area contributed by atoms with E-state index in [4.69, 9.17) is 4.42 Å². The summed E-state index contributed by atoms with van der Waals surface area (Å²) >= 11 is 0. The lowest BCUT2D eigenvalue weighted by atomic mass is 9.97. The first kappa shape index (κ1) is 15.7. The summed E-state index contributed by atoms with van der Waals surface area (Å²) in [7, 11) is 2.06. The van der Waals surface area contributed by atoms with Crippen LogP contribution in [0.1, 0.15) is 24.3 Å². The largest absolute Gasteiger partial charge is 0.441 e. The maximum atomic E-state index is 12.4. The number of hydrogen-bond donors (Lipinski definition) is 1. The van der Waals surface area contributed by atoms with Crippen molar-refractivity contribution in [3.05, 3.63) is 35.7 Å². The number of carbonyl (C=O) groups excluding carboxylic acids is 1. The van der Waals surface area contributed by atoms with E-state index in [1.807, 2.05) is 38.1 Å². The zero-order valence-corrected chi connectivity index (χ0v) is 13.9. The van der Waals surface area contributed by atoms with Crippen LogP contribution in [-0.4, -0.2) is 35.9 Å². The molecule has 1 saturated heterocycles. The number of anilines is 1. The third-order valence-corrected chi connectivity index (χ3v) is 4.40. The number of aryl methyl sites for hydroxylation is 2. The predicted octanol–water partition coefficient (Wildman–Crippen LogP) is 3.24. The Balaban J connectivity index is 1.73. The predicted molar refractivity (Wildman–Crippen MR) is 90.3 cm³/mol. The number of benzene rings is 1. The molecule has 0 saturated carbocycles. The number of rotatable bonds is 3. The quantitative estimate of drug-likeness (QED) is 0.945. The minimum Gasteiger partial charge on any atom is -0.441 e. The smallest absolute Gasteiger partial charge is 0.228 e. The number of piperidine rings is 1. The number of aromatic nitrogens is 1. The Hall–Kier alpha value is -2.14. The Morgan fingerprint density at radius 3 is 2.91 bits per heavy atom. The first-order valence-corrected chi connectivity index (χ1v) is 8.07. The summed E-state index contributed by atoms with van der Waals surface area (Å²) in [4.78, 5) is 19.1. The molecule has 5 nitrogen and oxygen atoms in total. The normalized spacial score (nSPS) is 18.8. The molecule has 1 aliphatic rings. The van der Waals surface area contributed by atoms with Crippen molar-refractivity contribution in [3.8, 4) is 11.5 Å². The third-order valence-electron chi connectivity index (χ3n) is 4.40. The minimum absolute atomic E-state index is 0.0589. The molecular formula is C18H23N3O2. The Morgan fingerprint density at radius 1 is 1.39 bits per heavy atom. The van der Waals surface area contributed by atoms with Gasteiger partial charge in [-0.05, 0) is 58.5 Å². The molecule has 2 aromatic rings. The minimum atomic E-state index is 0.0589. The summed E-state index contributed by atoms with van der Waals surface area (Å²) in [6.45, 7) is 5.72. The number of oxazole rings is 1. The number of likely N-dealkylation sites (tertiary alicyclic amines) is 1. The zero-order valence-electron chi connectivity index (χ0n) is 13.9. The highest BCUT2D eigenvalue weighted by Gasteiger charge is 2.24. The molecule has 1 N–H and O–H groups in total. The average molecular weight is 313 g/mol. The van der Waals surface area contributed by atoms with Gasteiger partial charge in [-0.3, -0.25) is 4.79 Å². The molecule has 1 fully saturated rings. The fourth-order valence-corrected chi connectivity index (χ4v) is 2.95. The van der Waals surface area contributed by atoms with Crippen molar-refractivity contribution in [3.63, 3.8) is 0 Å². The van der Waals surface area contributed by atoms with Crippen molar-refractivity contribution in [2.24, 2.45) is 5.92 Å². The van der Waals surface area contributed by atoms with Crippen molar-refractivity contribution in [2.75, 3.05) is 25.5 Å². The van der Waals surface area contributed by atoms with Crippen molar-refractivity contribution >= 4 is 11.6 Å². The van der Waals surface area contributed by atoms with E-state index in [2.05, 4.69) is 22.2 Å². The van der Waals surface area contributed by atoms with E-state index in [-0.39, 0.29) is 11.8 Å². The summed E-state index contributed by atoms with van der Waals surface area (Å²) in [6, 6.07) is 7.66. The third kappa shape index (κ3) is 3.62. The van der Waals surface area contributed by atoms with Crippen LogP contribution in [0.2, 0.25) is 0 Å². The Morgan fingerprint density at radius 2 is 2.22 bits per heavy atom. The van der Waals surface area contributed by atoms with Gasteiger partial charge in [0.05, 0.1) is 11.6 Å². The Bertz CT molecular complexity index is 689. The highest BCUT2D eigenvalue weighted by atomic mass is 16.4. The lowest BCUT2D eigenvalue weighted by Gasteiger charge is -2.28. The first-order valence-electron chi connectivity index (χ1n) is 8.07. The molecule has 1 aromatic carbocycles. The molecule has 1 aromatic heterocycles. The number of nitrogens with one attached hydrogen (secondary N) is 1. The molecule has 1 atom stereocenters. The van der Waals surface area contributed by atoms with Crippen molar-refractivity contribution in [1.82, 2.24) is 9.88 Å². The monoisotopic (exact) mass is 313 g/mol. The van der Waals surface area contributed by atoms with Crippen LogP contribution in [-0.2, 0) is 4.79 Å². The van der Waals surface area contributed by atoms with E-state index in [1.165, 1.54) is 0 Å². The number of amides is 1. The van der Waals surface area contributed by atoms with Crippen molar-refractivity contribution in [1.29, 1.82) is 0 Å². The molecule has 1 amide bonds. The lowest BCUT2D eigenvalue weighted by Crippen LogP contribution is -2.38. The highest BCUT2D eigenvalue weighted by molar-refractivity contribution is 5.93. The molecule has 0 radical (unpaired) electrons. The molecule has 1 unspecified atom stereocenters. The van der Waals surface area contributed by atoms with Gasteiger partial charge in [0.1, 0.15) is 5.76 Å². The number of carbonyl (C=O) groups is 1. The lowest BCUT2D eigenvalue weighted by molar-refractivity contribution is -0.121. The maximum absolute atomic E-state index is 12.4. The van der Waals surface area contributed by atoms with Crippen molar-refractivity contribution in [2.45, 2.75) is 26.7 Å². The van der Waals surface area contributed by atoms with Gasteiger partial charge in [0.25, 0.3) is 0 Å². The van der Waals surface area contributed by atoms with Crippen LogP contribution in [0.4, 0.5) is 5.69 Å². The standard InChI is InChI=1S/C18H23N3O2/c1-12-13(2)23-18(19-12)14-6-4-8-16(10-14)20-17(22)15-7-5-9-21(3)11-15/h4,6,8,10,15H,5,7,9,11H2,1-3H3,(H,20,22). The van der Waals surface area contributed by atoms with E-state index in [0.29, 0.717) is 5.89 Å². The summed E-state index contributed by atoms with van der Waals surface area (Å²) < 4.78 is 5.66. The molecule has 2 heterocycles.